The molecule has 0 spiro atoms. The van der Waals surface area contributed by atoms with Gasteiger partial charge in [-0.05, 0) is 24.5 Å². The fourth-order valence-corrected chi connectivity index (χ4v) is 3.43. The Kier molecular flexibility index (Phi) is 4.08. The molecule has 4 rings (SSSR count). The number of halogens is 1. The van der Waals surface area contributed by atoms with E-state index in [2.05, 4.69) is 15.4 Å². The van der Waals surface area contributed by atoms with Crippen LogP contribution in [0.5, 0.6) is 0 Å². The van der Waals surface area contributed by atoms with Crippen LogP contribution in [0.3, 0.4) is 0 Å². The van der Waals surface area contributed by atoms with Crippen molar-refractivity contribution in [1.29, 1.82) is 0 Å². The van der Waals surface area contributed by atoms with E-state index in [-0.39, 0.29) is 5.91 Å². The van der Waals surface area contributed by atoms with E-state index in [4.69, 9.17) is 11.6 Å². The molecule has 1 aromatic carbocycles. The summed E-state index contributed by atoms with van der Waals surface area (Å²) in [5.41, 5.74) is 2.55. The lowest BCUT2D eigenvalue weighted by molar-refractivity contribution is 0.102. The van der Waals surface area contributed by atoms with Crippen molar-refractivity contribution < 1.29 is 4.79 Å². The largest absolute Gasteiger partial charge is 0.298 e. The number of nitrogens with one attached hydrogen (secondary N) is 1. The van der Waals surface area contributed by atoms with Gasteiger partial charge in [-0.2, -0.15) is 5.10 Å². The van der Waals surface area contributed by atoms with E-state index in [0.29, 0.717) is 28.2 Å². The van der Waals surface area contributed by atoms with Gasteiger partial charge in [-0.3, -0.25) is 14.8 Å². The summed E-state index contributed by atoms with van der Waals surface area (Å²) in [4.78, 5) is 16.8. The number of hydrogen-bond acceptors (Lipinski definition) is 4. The molecule has 1 saturated carbocycles. The van der Waals surface area contributed by atoms with E-state index in [1.165, 1.54) is 24.2 Å². The van der Waals surface area contributed by atoms with Crippen molar-refractivity contribution in [3.05, 3.63) is 63.9 Å². The average molecular weight is 359 g/mol. The average Bonchev–Trinajstić information content (AvgIpc) is 3.14. The normalized spacial score (nSPS) is 13.9. The molecule has 2 aromatic heterocycles. The summed E-state index contributed by atoms with van der Waals surface area (Å²) in [5, 5.41) is 10.4. The molecule has 0 unspecified atom stereocenters. The minimum atomic E-state index is -0.197. The Labute approximate surface area is 148 Å². The van der Waals surface area contributed by atoms with Crippen molar-refractivity contribution in [2.45, 2.75) is 25.3 Å². The molecule has 2 heterocycles. The summed E-state index contributed by atoms with van der Waals surface area (Å²) in [6, 6.07) is 7.60. The molecule has 24 heavy (non-hydrogen) atoms. The van der Waals surface area contributed by atoms with Gasteiger partial charge in [-0.25, -0.2) is 4.98 Å². The van der Waals surface area contributed by atoms with Crippen LogP contribution in [0.25, 0.3) is 0 Å². The van der Waals surface area contributed by atoms with Crippen molar-refractivity contribution in [2.75, 3.05) is 5.32 Å². The number of amides is 1. The molecule has 5 nitrogen and oxygen atoms in total. The minimum absolute atomic E-state index is 0.197. The van der Waals surface area contributed by atoms with Crippen LogP contribution in [-0.2, 0) is 6.54 Å². The molecule has 0 radical (unpaired) electrons. The van der Waals surface area contributed by atoms with Gasteiger partial charge in [0.15, 0.2) is 5.13 Å². The fraction of sp³-hybridized carbons (Fsp3) is 0.235. The lowest BCUT2D eigenvalue weighted by Gasteiger charge is -2.03. The Morgan fingerprint density at radius 1 is 1.38 bits per heavy atom. The quantitative estimate of drug-likeness (QED) is 0.744. The maximum atomic E-state index is 12.3. The van der Waals surface area contributed by atoms with E-state index in [1.807, 2.05) is 29.6 Å². The van der Waals surface area contributed by atoms with E-state index in [9.17, 15) is 4.79 Å². The Balaban J connectivity index is 1.43. The first-order valence-corrected chi connectivity index (χ1v) is 8.97. The molecule has 122 valence electrons. The topological polar surface area (TPSA) is 59.8 Å². The van der Waals surface area contributed by atoms with Gasteiger partial charge in [0, 0.05) is 22.5 Å². The van der Waals surface area contributed by atoms with Crippen LogP contribution in [-0.4, -0.2) is 20.7 Å². The van der Waals surface area contributed by atoms with Crippen molar-refractivity contribution >= 4 is 34.0 Å². The Morgan fingerprint density at radius 2 is 2.21 bits per heavy atom. The number of thiazole rings is 1. The number of rotatable bonds is 5. The molecule has 1 aliphatic rings. The van der Waals surface area contributed by atoms with E-state index < -0.39 is 0 Å². The number of benzene rings is 1. The third kappa shape index (κ3) is 3.34. The van der Waals surface area contributed by atoms with Gasteiger partial charge in [-0.1, -0.05) is 29.8 Å². The highest BCUT2D eigenvalue weighted by atomic mass is 35.5. The van der Waals surface area contributed by atoms with Gasteiger partial charge in [-0.15, -0.1) is 11.3 Å². The molecule has 3 aromatic rings. The summed E-state index contributed by atoms with van der Waals surface area (Å²) in [7, 11) is 0. The SMILES string of the molecule is O=C(Nc1nc(C2CC2)cs1)c1cnn(Cc2ccccc2Cl)c1. The highest BCUT2D eigenvalue weighted by Crippen LogP contribution is 2.40. The summed E-state index contributed by atoms with van der Waals surface area (Å²) >= 11 is 7.62. The predicted molar refractivity (Wildman–Crippen MR) is 94.8 cm³/mol. The summed E-state index contributed by atoms with van der Waals surface area (Å²) in [6.45, 7) is 0.524. The molecule has 7 heteroatoms. The molecular weight excluding hydrogens is 344 g/mol. The van der Waals surface area contributed by atoms with Crippen LogP contribution in [0, 0.1) is 0 Å². The summed E-state index contributed by atoms with van der Waals surface area (Å²) < 4.78 is 1.70. The Hall–Kier alpha value is -2.18. The smallest absolute Gasteiger partial charge is 0.260 e. The lowest BCUT2D eigenvalue weighted by Crippen LogP contribution is -2.11. The second-order valence-corrected chi connectivity index (χ2v) is 7.09. The number of carbonyl (C=O) groups is 1. The van der Waals surface area contributed by atoms with Crippen LogP contribution in [0.4, 0.5) is 5.13 Å². The van der Waals surface area contributed by atoms with Gasteiger partial charge in [0.25, 0.3) is 5.91 Å². The lowest BCUT2D eigenvalue weighted by atomic mass is 10.2. The number of nitrogens with zero attached hydrogens (tertiary/aromatic N) is 3. The zero-order valence-electron chi connectivity index (χ0n) is 12.8. The van der Waals surface area contributed by atoms with Gasteiger partial charge in [0.05, 0.1) is 24.0 Å². The maximum Gasteiger partial charge on any atom is 0.260 e. The predicted octanol–water partition coefficient (Wildman–Crippen LogP) is 4.17. The van der Waals surface area contributed by atoms with Crippen LogP contribution in [0.2, 0.25) is 5.02 Å². The zero-order valence-corrected chi connectivity index (χ0v) is 14.3. The second kappa shape index (κ2) is 6.37. The van der Waals surface area contributed by atoms with Gasteiger partial charge in [0.2, 0.25) is 0 Å². The molecule has 0 atom stereocenters. The first-order valence-electron chi connectivity index (χ1n) is 7.71. The molecular formula is C17H15ClN4OS. The first kappa shape index (κ1) is 15.4. The van der Waals surface area contributed by atoms with Crippen LogP contribution >= 0.6 is 22.9 Å². The fourth-order valence-electron chi connectivity index (χ4n) is 2.45. The monoisotopic (exact) mass is 358 g/mol. The first-order chi connectivity index (χ1) is 11.7. The maximum absolute atomic E-state index is 12.3. The van der Waals surface area contributed by atoms with Crippen LogP contribution in [0.1, 0.15) is 40.4 Å². The third-order valence-corrected chi connectivity index (χ3v) is 5.07. The molecule has 0 saturated heterocycles. The summed E-state index contributed by atoms with van der Waals surface area (Å²) in [6.07, 6.45) is 5.67. The van der Waals surface area contributed by atoms with Crippen molar-refractivity contribution in [3.8, 4) is 0 Å². The molecule has 1 N–H and O–H groups in total. The zero-order chi connectivity index (χ0) is 16.5. The highest BCUT2D eigenvalue weighted by Gasteiger charge is 2.26. The number of anilines is 1. The van der Waals surface area contributed by atoms with Gasteiger partial charge in [0.1, 0.15) is 0 Å². The van der Waals surface area contributed by atoms with Crippen molar-refractivity contribution in [1.82, 2.24) is 14.8 Å². The van der Waals surface area contributed by atoms with Crippen molar-refractivity contribution in [3.63, 3.8) is 0 Å². The Morgan fingerprint density at radius 3 is 3.00 bits per heavy atom. The highest BCUT2D eigenvalue weighted by molar-refractivity contribution is 7.14. The molecule has 0 bridgehead atoms. The molecule has 1 amide bonds. The number of hydrogen-bond donors (Lipinski definition) is 1. The van der Waals surface area contributed by atoms with Crippen molar-refractivity contribution in [2.24, 2.45) is 0 Å². The van der Waals surface area contributed by atoms with Crippen LogP contribution in [0.15, 0.2) is 42.0 Å². The van der Waals surface area contributed by atoms with E-state index in [0.717, 1.165) is 11.3 Å². The second-order valence-electron chi connectivity index (χ2n) is 5.82. The van der Waals surface area contributed by atoms with E-state index in [1.54, 1.807) is 17.1 Å². The summed E-state index contributed by atoms with van der Waals surface area (Å²) in [5.74, 6) is 0.391. The Bertz CT molecular complexity index is 884. The molecule has 0 aliphatic heterocycles. The molecule has 1 fully saturated rings. The third-order valence-electron chi connectivity index (χ3n) is 3.92. The number of carbonyl (C=O) groups excluding carboxylic acids is 1. The van der Waals surface area contributed by atoms with Crippen LogP contribution < -0.4 is 5.32 Å². The van der Waals surface area contributed by atoms with E-state index >= 15 is 0 Å². The molecule has 1 aliphatic carbocycles. The van der Waals surface area contributed by atoms with Gasteiger partial charge < -0.3 is 0 Å². The van der Waals surface area contributed by atoms with Gasteiger partial charge >= 0.3 is 0 Å². The minimum Gasteiger partial charge on any atom is -0.298 e. The number of aromatic nitrogens is 3. The standard InChI is InChI=1S/C17H15ClN4OS/c18-14-4-2-1-3-12(14)8-22-9-13(7-19-22)16(23)21-17-20-15(10-24-17)11-5-6-11/h1-4,7,9-11H,5-6,8H2,(H,20,21,23).